The minimum absolute atomic E-state index is 0.128. The first kappa shape index (κ1) is 19.9. The Morgan fingerprint density at radius 3 is 2.90 bits per heavy atom. The van der Waals surface area contributed by atoms with E-state index in [0.29, 0.717) is 0 Å². The fourth-order valence-electron chi connectivity index (χ4n) is 3.62. The number of anilines is 1. The van der Waals surface area contributed by atoms with Crippen molar-refractivity contribution in [3.05, 3.63) is 47.1 Å². The number of nitrogens with one attached hydrogen (secondary N) is 1. The summed E-state index contributed by atoms with van der Waals surface area (Å²) in [5.41, 5.74) is 6.54. The molecule has 0 radical (unpaired) electrons. The highest BCUT2D eigenvalue weighted by molar-refractivity contribution is 7.13. The lowest BCUT2D eigenvalue weighted by Gasteiger charge is -2.09. The molecule has 29 heavy (non-hydrogen) atoms. The van der Waals surface area contributed by atoms with E-state index in [1.54, 1.807) is 18.4 Å². The molecule has 0 aliphatic heterocycles. The van der Waals surface area contributed by atoms with E-state index in [2.05, 4.69) is 35.2 Å². The monoisotopic (exact) mass is 409 g/mol. The summed E-state index contributed by atoms with van der Waals surface area (Å²) >= 11 is 1.64. The summed E-state index contributed by atoms with van der Waals surface area (Å²) in [6.45, 7) is 6.01. The average molecular weight is 410 g/mol. The van der Waals surface area contributed by atoms with Crippen molar-refractivity contribution in [3.8, 4) is 21.8 Å². The predicted octanol–water partition coefficient (Wildman–Crippen LogP) is 5.28. The average Bonchev–Trinajstić information content (AvgIpc) is 3.39. The molecule has 5 nitrogen and oxygen atoms in total. The third-order valence-corrected chi connectivity index (χ3v) is 6.30. The number of aryl methyl sites for hydroxylation is 1. The Balaban J connectivity index is 1.54. The van der Waals surface area contributed by atoms with Gasteiger partial charge in [0.15, 0.2) is 0 Å². The highest BCUT2D eigenvalue weighted by Gasteiger charge is 2.29. The summed E-state index contributed by atoms with van der Waals surface area (Å²) in [5.74, 6) is 0.326. The first-order valence-electron chi connectivity index (χ1n) is 10.1. The number of aromatic nitrogens is 2. The number of hydrogen-bond donors (Lipinski definition) is 1. The highest BCUT2D eigenvalue weighted by atomic mass is 32.1. The van der Waals surface area contributed by atoms with Crippen LogP contribution in [0.5, 0.6) is 0 Å². The van der Waals surface area contributed by atoms with Gasteiger partial charge in [-0.3, -0.25) is 4.79 Å². The third-order valence-electron chi connectivity index (χ3n) is 5.41. The number of nitrogens with zero attached hydrogens (tertiary/aromatic N) is 2. The van der Waals surface area contributed by atoms with Crippen LogP contribution in [0.3, 0.4) is 0 Å². The molecule has 2 aromatic heterocycles. The molecule has 0 saturated heterocycles. The summed E-state index contributed by atoms with van der Waals surface area (Å²) in [4.78, 5) is 16.9. The van der Waals surface area contributed by atoms with Crippen molar-refractivity contribution in [2.75, 3.05) is 19.0 Å². The number of hydrogen-bond acceptors (Lipinski definition) is 4. The van der Waals surface area contributed by atoms with Crippen LogP contribution in [0.1, 0.15) is 30.7 Å². The van der Waals surface area contributed by atoms with Crippen LogP contribution in [0.4, 0.5) is 5.69 Å². The van der Waals surface area contributed by atoms with Crippen molar-refractivity contribution in [1.29, 1.82) is 0 Å². The summed E-state index contributed by atoms with van der Waals surface area (Å²) in [6, 6.07) is 10.2. The van der Waals surface area contributed by atoms with Gasteiger partial charge in [-0.05, 0) is 51.3 Å². The third kappa shape index (κ3) is 4.43. The van der Waals surface area contributed by atoms with Crippen LogP contribution in [0.15, 0.2) is 35.7 Å². The van der Waals surface area contributed by atoms with E-state index in [9.17, 15) is 4.79 Å². The number of methoxy groups -OCH3 is 1. The van der Waals surface area contributed by atoms with E-state index in [0.717, 1.165) is 54.4 Å². The zero-order valence-electron chi connectivity index (χ0n) is 17.2. The zero-order valence-corrected chi connectivity index (χ0v) is 18.0. The van der Waals surface area contributed by atoms with Crippen LogP contribution >= 0.6 is 11.3 Å². The molecule has 0 spiro atoms. The fraction of sp³-hybridized carbons (Fsp3) is 0.391. The zero-order chi connectivity index (χ0) is 20.4. The molecule has 1 saturated carbocycles. The van der Waals surface area contributed by atoms with Gasteiger partial charge in [-0.1, -0.05) is 12.1 Å². The largest absolute Gasteiger partial charge is 0.385 e. The van der Waals surface area contributed by atoms with Crippen molar-refractivity contribution >= 4 is 22.9 Å². The molecule has 1 amide bonds. The highest BCUT2D eigenvalue weighted by Crippen LogP contribution is 2.34. The quantitative estimate of drug-likeness (QED) is 0.515. The van der Waals surface area contributed by atoms with Crippen molar-refractivity contribution in [2.24, 2.45) is 5.92 Å². The minimum Gasteiger partial charge on any atom is -0.385 e. The Morgan fingerprint density at radius 1 is 1.31 bits per heavy atom. The van der Waals surface area contributed by atoms with E-state index >= 15 is 0 Å². The second-order valence-corrected chi connectivity index (χ2v) is 8.52. The van der Waals surface area contributed by atoms with Crippen LogP contribution < -0.4 is 5.32 Å². The Labute approximate surface area is 175 Å². The normalized spacial score (nSPS) is 13.6. The second kappa shape index (κ2) is 8.51. The van der Waals surface area contributed by atoms with Gasteiger partial charge in [0.1, 0.15) is 5.01 Å². The smallest absolute Gasteiger partial charge is 0.227 e. The van der Waals surface area contributed by atoms with Gasteiger partial charge in [0, 0.05) is 59.8 Å². The fourth-order valence-corrected chi connectivity index (χ4v) is 4.44. The molecule has 4 rings (SSSR count). The lowest BCUT2D eigenvalue weighted by Crippen LogP contribution is -2.13. The number of carbonyl (C=O) groups is 1. The van der Waals surface area contributed by atoms with Gasteiger partial charge in [-0.2, -0.15) is 0 Å². The molecular formula is C23H27N3O2S. The first-order valence-corrected chi connectivity index (χ1v) is 11.0. The maximum absolute atomic E-state index is 12.0. The molecule has 2 heterocycles. The van der Waals surface area contributed by atoms with Crippen molar-refractivity contribution in [2.45, 2.75) is 39.7 Å². The van der Waals surface area contributed by atoms with Crippen LogP contribution in [0.25, 0.3) is 21.8 Å². The maximum Gasteiger partial charge on any atom is 0.227 e. The number of ether oxygens (including phenoxy) is 1. The van der Waals surface area contributed by atoms with Crippen LogP contribution in [0.2, 0.25) is 0 Å². The molecule has 0 atom stereocenters. The molecule has 0 unspecified atom stereocenters. The standard InChI is InChI=1S/C23H27N3O2S/c1-15-12-20(16(2)26(15)10-5-11-28-3)21-14-29-23(25-21)18-6-4-7-19(13-18)24-22(27)17-8-9-17/h4,6-7,12-14,17H,5,8-11H2,1-3H3,(H,24,27). The Hall–Kier alpha value is -2.44. The molecule has 152 valence electrons. The lowest BCUT2D eigenvalue weighted by molar-refractivity contribution is -0.117. The van der Waals surface area contributed by atoms with Gasteiger partial charge >= 0.3 is 0 Å². The van der Waals surface area contributed by atoms with E-state index in [4.69, 9.17) is 9.72 Å². The van der Waals surface area contributed by atoms with Crippen LogP contribution in [0, 0.1) is 19.8 Å². The lowest BCUT2D eigenvalue weighted by atomic mass is 10.2. The molecule has 0 bridgehead atoms. The first-order chi connectivity index (χ1) is 14.1. The molecule has 3 aromatic rings. The molecular weight excluding hydrogens is 382 g/mol. The molecule has 1 aliphatic rings. The summed E-state index contributed by atoms with van der Waals surface area (Å²) in [7, 11) is 1.74. The summed E-state index contributed by atoms with van der Waals surface area (Å²) < 4.78 is 7.52. The number of amides is 1. The van der Waals surface area contributed by atoms with E-state index in [1.807, 2.05) is 24.3 Å². The number of carbonyl (C=O) groups excluding carboxylic acids is 1. The second-order valence-electron chi connectivity index (χ2n) is 7.67. The molecule has 6 heteroatoms. The van der Waals surface area contributed by atoms with Gasteiger partial charge < -0.3 is 14.6 Å². The van der Waals surface area contributed by atoms with Gasteiger partial charge in [0.25, 0.3) is 0 Å². The molecule has 1 aromatic carbocycles. The number of benzene rings is 1. The Morgan fingerprint density at radius 2 is 2.14 bits per heavy atom. The van der Waals surface area contributed by atoms with E-state index in [1.165, 1.54) is 17.0 Å². The van der Waals surface area contributed by atoms with E-state index in [-0.39, 0.29) is 11.8 Å². The summed E-state index contributed by atoms with van der Waals surface area (Å²) in [6.07, 6.45) is 3.00. The number of rotatable bonds is 8. The molecule has 1 N–H and O–H groups in total. The van der Waals surface area contributed by atoms with Gasteiger partial charge in [-0.25, -0.2) is 4.98 Å². The predicted molar refractivity (Wildman–Crippen MR) is 118 cm³/mol. The Bertz CT molecular complexity index is 1020. The van der Waals surface area contributed by atoms with E-state index < -0.39 is 0 Å². The SMILES string of the molecule is COCCCn1c(C)cc(-c2csc(-c3cccc(NC(=O)C4CC4)c3)n2)c1C. The van der Waals surface area contributed by atoms with Crippen LogP contribution in [-0.4, -0.2) is 29.2 Å². The number of thiazole rings is 1. The summed E-state index contributed by atoms with van der Waals surface area (Å²) in [5, 5.41) is 6.10. The topological polar surface area (TPSA) is 56.1 Å². The van der Waals surface area contributed by atoms with Crippen molar-refractivity contribution < 1.29 is 9.53 Å². The van der Waals surface area contributed by atoms with Crippen molar-refractivity contribution in [1.82, 2.24) is 9.55 Å². The van der Waals surface area contributed by atoms with Gasteiger partial charge in [0.05, 0.1) is 5.69 Å². The van der Waals surface area contributed by atoms with Crippen LogP contribution in [-0.2, 0) is 16.1 Å². The van der Waals surface area contributed by atoms with Gasteiger partial charge in [0.2, 0.25) is 5.91 Å². The molecule has 1 aliphatic carbocycles. The van der Waals surface area contributed by atoms with Gasteiger partial charge in [-0.15, -0.1) is 11.3 Å². The Kier molecular flexibility index (Phi) is 5.83. The minimum atomic E-state index is 0.128. The van der Waals surface area contributed by atoms with Crippen molar-refractivity contribution in [3.63, 3.8) is 0 Å². The molecule has 1 fully saturated rings. The maximum atomic E-state index is 12.0.